The van der Waals surface area contributed by atoms with Gasteiger partial charge < -0.3 is 4.90 Å². The monoisotopic (exact) mass is 207 g/mol. The second kappa shape index (κ2) is 4.14. The molecule has 1 heterocycles. The third-order valence-corrected chi connectivity index (χ3v) is 2.91. The molecule has 0 radical (unpaired) electrons. The van der Waals surface area contributed by atoms with Crippen LogP contribution in [0.15, 0.2) is 24.3 Å². The summed E-state index contributed by atoms with van der Waals surface area (Å²) in [5, 5.41) is 0.801. The van der Waals surface area contributed by atoms with Gasteiger partial charge in [-0.2, -0.15) is 0 Å². The maximum absolute atomic E-state index is 5.84. The van der Waals surface area contributed by atoms with Crippen molar-refractivity contribution in [2.24, 2.45) is 0 Å². The van der Waals surface area contributed by atoms with Crippen LogP contribution in [-0.2, 0) is 0 Å². The molecule has 0 unspecified atom stereocenters. The van der Waals surface area contributed by atoms with Crippen LogP contribution in [0.1, 0.15) is 12.8 Å². The maximum atomic E-state index is 5.84. The Bertz CT molecular complexity index is 286. The molecule has 2 heteroatoms. The first-order chi connectivity index (χ1) is 6.75. The largest absolute Gasteiger partial charge is 0.363 e. The van der Waals surface area contributed by atoms with Gasteiger partial charge in [-0.1, -0.05) is 17.5 Å². The third-order valence-electron chi connectivity index (χ3n) is 2.66. The Labute approximate surface area is 90.7 Å². The molecule has 0 aromatic heterocycles. The van der Waals surface area contributed by atoms with E-state index in [1.807, 2.05) is 12.1 Å². The van der Waals surface area contributed by atoms with Crippen molar-refractivity contribution in [1.29, 1.82) is 0 Å². The van der Waals surface area contributed by atoms with Gasteiger partial charge in [0.05, 0.1) is 25.9 Å². The van der Waals surface area contributed by atoms with Crippen molar-refractivity contribution in [3.63, 3.8) is 0 Å². The Morgan fingerprint density at radius 3 is 2.29 bits per heavy atom. The molecule has 1 fully saturated rings. The van der Waals surface area contributed by atoms with E-state index in [-0.39, 0.29) is 0 Å². The van der Waals surface area contributed by atoms with Gasteiger partial charge in [-0.15, -0.1) is 6.92 Å². The SMILES string of the molecule is [CH2-][C+]1CCN(c2ccc(Cl)cc2)CC1. The summed E-state index contributed by atoms with van der Waals surface area (Å²) >= 11 is 5.84. The summed E-state index contributed by atoms with van der Waals surface area (Å²) in [6.07, 6.45) is 2.23. The van der Waals surface area contributed by atoms with Gasteiger partial charge in [-0.25, -0.2) is 0 Å². The molecule has 0 bridgehead atoms. The predicted molar refractivity (Wildman–Crippen MR) is 61.5 cm³/mol. The zero-order valence-corrected chi connectivity index (χ0v) is 8.93. The normalized spacial score (nSPS) is 17.3. The highest BCUT2D eigenvalue weighted by molar-refractivity contribution is 6.30. The van der Waals surface area contributed by atoms with Gasteiger partial charge in [0.1, 0.15) is 0 Å². The number of piperidine rings is 1. The summed E-state index contributed by atoms with van der Waals surface area (Å²) in [4.78, 5) is 2.38. The van der Waals surface area contributed by atoms with Crippen LogP contribution >= 0.6 is 11.6 Å². The van der Waals surface area contributed by atoms with Crippen LogP contribution in [0.2, 0.25) is 5.02 Å². The lowest BCUT2D eigenvalue weighted by molar-refractivity contribution is 0.635. The minimum Gasteiger partial charge on any atom is -0.363 e. The summed E-state index contributed by atoms with van der Waals surface area (Å²) in [6, 6.07) is 8.05. The Morgan fingerprint density at radius 1 is 1.14 bits per heavy atom. The zero-order chi connectivity index (χ0) is 9.97. The standard InChI is InChI=1S/C12H14ClN/c1-10-6-8-14(9-7-10)12-4-2-11(13)3-5-12/h2-5H,1,6-9H2. The average molecular weight is 208 g/mol. The smallest absolute Gasteiger partial charge is 0.0769 e. The van der Waals surface area contributed by atoms with Crippen LogP contribution in [0.3, 0.4) is 0 Å². The van der Waals surface area contributed by atoms with Gasteiger partial charge in [0.25, 0.3) is 0 Å². The second-order valence-corrected chi connectivity index (χ2v) is 4.15. The highest BCUT2D eigenvalue weighted by atomic mass is 35.5. The Kier molecular flexibility index (Phi) is 2.87. The molecule has 0 aliphatic carbocycles. The van der Waals surface area contributed by atoms with Crippen molar-refractivity contribution >= 4 is 17.3 Å². The minimum absolute atomic E-state index is 0.801. The van der Waals surface area contributed by atoms with Crippen molar-refractivity contribution in [1.82, 2.24) is 0 Å². The molecule has 0 atom stereocenters. The number of nitrogens with zero attached hydrogens (tertiary/aromatic N) is 1. The van der Waals surface area contributed by atoms with E-state index >= 15 is 0 Å². The average Bonchev–Trinajstić information content (AvgIpc) is 2.21. The van der Waals surface area contributed by atoms with Crippen LogP contribution in [0.4, 0.5) is 5.69 Å². The van der Waals surface area contributed by atoms with Gasteiger partial charge in [-0.3, -0.25) is 0 Å². The van der Waals surface area contributed by atoms with E-state index in [4.69, 9.17) is 11.6 Å². The van der Waals surface area contributed by atoms with E-state index in [0.29, 0.717) is 0 Å². The highest BCUT2D eigenvalue weighted by Gasteiger charge is 2.18. The van der Waals surface area contributed by atoms with Crippen LogP contribution in [0.5, 0.6) is 0 Å². The number of hydrogen-bond acceptors (Lipinski definition) is 1. The molecule has 0 spiro atoms. The second-order valence-electron chi connectivity index (χ2n) is 3.71. The Morgan fingerprint density at radius 2 is 1.71 bits per heavy atom. The topological polar surface area (TPSA) is 3.24 Å². The van der Waals surface area contributed by atoms with Gasteiger partial charge >= 0.3 is 0 Å². The fraction of sp³-hybridized carbons (Fsp3) is 0.333. The molecule has 74 valence electrons. The molecule has 1 saturated heterocycles. The molecular formula is C12H14ClN. The Balaban J connectivity index is 2.05. The predicted octanol–water partition coefficient (Wildman–Crippen LogP) is 3.35. The number of benzene rings is 1. The first kappa shape index (κ1) is 9.72. The van der Waals surface area contributed by atoms with Crippen LogP contribution in [-0.4, -0.2) is 13.1 Å². The minimum atomic E-state index is 0.801. The summed E-state index contributed by atoms with van der Waals surface area (Å²) in [5.74, 6) is 1.37. The quantitative estimate of drug-likeness (QED) is 0.639. The van der Waals surface area contributed by atoms with Gasteiger partial charge in [-0.05, 0) is 24.3 Å². The first-order valence-electron chi connectivity index (χ1n) is 4.93. The number of halogens is 1. The molecule has 1 aromatic carbocycles. The van der Waals surface area contributed by atoms with E-state index < -0.39 is 0 Å². The van der Waals surface area contributed by atoms with Gasteiger partial charge in [0.2, 0.25) is 0 Å². The van der Waals surface area contributed by atoms with Gasteiger partial charge in [0.15, 0.2) is 0 Å². The van der Waals surface area contributed by atoms with Crippen molar-refractivity contribution in [2.75, 3.05) is 18.0 Å². The lowest BCUT2D eigenvalue weighted by Gasteiger charge is -2.29. The van der Waals surface area contributed by atoms with E-state index in [1.165, 1.54) is 11.6 Å². The summed E-state index contributed by atoms with van der Waals surface area (Å²) in [7, 11) is 0. The molecule has 2 rings (SSSR count). The van der Waals surface area contributed by atoms with E-state index in [2.05, 4.69) is 24.0 Å². The molecule has 14 heavy (non-hydrogen) atoms. The van der Waals surface area contributed by atoms with Crippen LogP contribution < -0.4 is 4.90 Å². The molecule has 1 aliphatic rings. The van der Waals surface area contributed by atoms with E-state index in [9.17, 15) is 0 Å². The summed E-state index contributed by atoms with van der Waals surface area (Å²) in [5.41, 5.74) is 1.27. The van der Waals surface area contributed by atoms with Crippen molar-refractivity contribution in [2.45, 2.75) is 12.8 Å². The highest BCUT2D eigenvalue weighted by Crippen LogP contribution is 2.24. The number of rotatable bonds is 1. The van der Waals surface area contributed by atoms with Crippen LogP contribution in [0, 0.1) is 12.8 Å². The molecule has 1 aromatic rings. The third kappa shape index (κ3) is 2.16. The van der Waals surface area contributed by atoms with Gasteiger partial charge in [0, 0.05) is 10.7 Å². The molecule has 1 nitrogen and oxygen atoms in total. The molecular weight excluding hydrogens is 194 g/mol. The van der Waals surface area contributed by atoms with Crippen molar-refractivity contribution in [3.8, 4) is 0 Å². The van der Waals surface area contributed by atoms with Crippen molar-refractivity contribution < 1.29 is 0 Å². The van der Waals surface area contributed by atoms with Crippen LogP contribution in [0.25, 0.3) is 0 Å². The maximum Gasteiger partial charge on any atom is 0.0769 e. The summed E-state index contributed by atoms with van der Waals surface area (Å²) < 4.78 is 0. The molecule has 0 amide bonds. The first-order valence-corrected chi connectivity index (χ1v) is 5.31. The zero-order valence-electron chi connectivity index (χ0n) is 8.17. The number of anilines is 1. The van der Waals surface area contributed by atoms with E-state index in [1.54, 1.807) is 0 Å². The molecule has 1 aliphatic heterocycles. The number of hydrogen-bond donors (Lipinski definition) is 0. The molecule has 0 N–H and O–H groups in total. The fourth-order valence-electron chi connectivity index (χ4n) is 1.73. The van der Waals surface area contributed by atoms with E-state index in [0.717, 1.165) is 31.0 Å². The fourth-order valence-corrected chi connectivity index (χ4v) is 1.86. The lowest BCUT2D eigenvalue weighted by atomic mass is 9.99. The molecule has 0 saturated carbocycles. The Hall–Kier alpha value is -0.820. The van der Waals surface area contributed by atoms with Crippen molar-refractivity contribution in [3.05, 3.63) is 42.1 Å². The lowest BCUT2D eigenvalue weighted by Crippen LogP contribution is -2.32. The summed E-state index contributed by atoms with van der Waals surface area (Å²) in [6.45, 7) is 6.18.